The van der Waals surface area contributed by atoms with Crippen LogP contribution in [0.4, 0.5) is 4.79 Å². The fraction of sp³-hybridized carbons (Fsp3) is 0.833. The van der Waals surface area contributed by atoms with Gasteiger partial charge in [0, 0.05) is 20.8 Å². The normalized spacial score (nSPS) is 12.8. The minimum absolute atomic E-state index is 0.249. The third-order valence-electron chi connectivity index (χ3n) is 3.15. The van der Waals surface area contributed by atoms with Crippen LogP contribution in [0.3, 0.4) is 0 Å². The maximum atomic E-state index is 11.7. The fourth-order valence-corrected chi connectivity index (χ4v) is 1.65. The van der Waals surface area contributed by atoms with Gasteiger partial charge in [-0.1, -0.05) is 13.8 Å². The number of ether oxygens (including phenoxy) is 2. The maximum Gasteiger partial charge on any atom is 0.329 e. The first kappa shape index (κ1) is 17.7. The Morgan fingerprint density at radius 2 is 1.84 bits per heavy atom. The number of carbonyl (C=O) groups is 2. The first-order valence-electron chi connectivity index (χ1n) is 6.26. The van der Waals surface area contributed by atoms with Crippen molar-refractivity contribution in [2.45, 2.75) is 38.3 Å². The van der Waals surface area contributed by atoms with Crippen LogP contribution >= 0.6 is 0 Å². The van der Waals surface area contributed by atoms with Crippen molar-refractivity contribution in [3.05, 3.63) is 0 Å². The van der Waals surface area contributed by atoms with E-state index in [9.17, 15) is 14.7 Å². The van der Waals surface area contributed by atoms with Crippen LogP contribution in [0.25, 0.3) is 0 Å². The molecule has 19 heavy (non-hydrogen) atoms. The number of hydrogen-bond acceptors (Lipinski definition) is 4. The van der Waals surface area contributed by atoms with E-state index in [4.69, 9.17) is 9.47 Å². The molecule has 0 aliphatic rings. The number of amides is 2. The molecule has 0 aliphatic heterocycles. The van der Waals surface area contributed by atoms with Crippen molar-refractivity contribution in [3.8, 4) is 0 Å². The predicted molar refractivity (Wildman–Crippen MR) is 70.2 cm³/mol. The third-order valence-corrected chi connectivity index (χ3v) is 3.15. The van der Waals surface area contributed by atoms with Gasteiger partial charge in [-0.2, -0.15) is 0 Å². The first-order chi connectivity index (χ1) is 8.95. The molecule has 3 N–H and O–H groups in total. The summed E-state index contributed by atoms with van der Waals surface area (Å²) >= 11 is 0. The van der Waals surface area contributed by atoms with Crippen molar-refractivity contribution in [2.24, 2.45) is 0 Å². The van der Waals surface area contributed by atoms with E-state index in [0.717, 1.165) is 0 Å². The van der Waals surface area contributed by atoms with Gasteiger partial charge in [0.05, 0.1) is 12.7 Å². The summed E-state index contributed by atoms with van der Waals surface area (Å²) in [5.74, 6) is -1.03. The molecule has 0 rings (SSSR count). The van der Waals surface area contributed by atoms with Crippen LogP contribution in [0.15, 0.2) is 0 Å². The quantitative estimate of drug-likeness (QED) is 0.572. The summed E-state index contributed by atoms with van der Waals surface area (Å²) in [6.45, 7) is 4.04. The van der Waals surface area contributed by atoms with Crippen molar-refractivity contribution >= 4 is 12.0 Å². The van der Waals surface area contributed by atoms with Crippen LogP contribution in [0.1, 0.15) is 26.7 Å². The molecule has 0 aromatic rings. The van der Waals surface area contributed by atoms with Gasteiger partial charge in [0.25, 0.3) is 0 Å². The monoisotopic (exact) mass is 276 g/mol. The second-order valence-electron chi connectivity index (χ2n) is 4.24. The largest absolute Gasteiger partial charge is 0.480 e. The van der Waals surface area contributed by atoms with E-state index >= 15 is 0 Å². The Labute approximate surface area is 113 Å². The van der Waals surface area contributed by atoms with E-state index < -0.39 is 17.5 Å². The Balaban J connectivity index is 4.39. The van der Waals surface area contributed by atoms with Gasteiger partial charge in [0.2, 0.25) is 0 Å². The van der Waals surface area contributed by atoms with Gasteiger partial charge >= 0.3 is 12.0 Å². The van der Waals surface area contributed by atoms with Crippen molar-refractivity contribution in [3.63, 3.8) is 0 Å². The van der Waals surface area contributed by atoms with Crippen molar-refractivity contribution < 1.29 is 24.2 Å². The zero-order valence-corrected chi connectivity index (χ0v) is 12.0. The SMILES string of the molecule is CCC(CC)(NC(=O)NCC(COC)OC)C(=O)O. The summed E-state index contributed by atoms with van der Waals surface area (Å²) in [6.07, 6.45) is 0.369. The summed E-state index contributed by atoms with van der Waals surface area (Å²) < 4.78 is 10.0. The van der Waals surface area contributed by atoms with Gasteiger partial charge < -0.3 is 25.2 Å². The molecule has 0 bridgehead atoms. The lowest BCUT2D eigenvalue weighted by atomic mass is 9.93. The summed E-state index contributed by atoms with van der Waals surface area (Å²) in [4.78, 5) is 23.0. The smallest absolute Gasteiger partial charge is 0.329 e. The van der Waals surface area contributed by atoms with Crippen molar-refractivity contribution in [1.82, 2.24) is 10.6 Å². The molecule has 1 atom stereocenters. The van der Waals surface area contributed by atoms with E-state index in [1.54, 1.807) is 13.8 Å². The van der Waals surface area contributed by atoms with E-state index in [1.165, 1.54) is 14.2 Å². The number of carbonyl (C=O) groups excluding carboxylic acids is 1. The highest BCUT2D eigenvalue weighted by molar-refractivity contribution is 5.86. The standard InChI is InChI=1S/C12H24N2O5/c1-5-12(6-2,10(15)16)14-11(17)13-7-9(19-4)8-18-3/h9H,5-8H2,1-4H3,(H,15,16)(H2,13,14,17). The Morgan fingerprint density at radius 1 is 1.26 bits per heavy atom. The van der Waals surface area contributed by atoms with Crippen LogP contribution in [0, 0.1) is 0 Å². The lowest BCUT2D eigenvalue weighted by Gasteiger charge is -2.28. The van der Waals surface area contributed by atoms with Gasteiger partial charge in [0.1, 0.15) is 5.54 Å². The van der Waals surface area contributed by atoms with Crippen LogP contribution in [0.5, 0.6) is 0 Å². The third kappa shape index (κ3) is 5.44. The molecule has 0 aromatic heterocycles. The number of methoxy groups -OCH3 is 2. The van der Waals surface area contributed by atoms with Crippen LogP contribution < -0.4 is 10.6 Å². The number of carboxylic acid groups (broad SMARTS) is 1. The number of urea groups is 1. The summed E-state index contributed by atoms with van der Waals surface area (Å²) in [5.41, 5.74) is -1.23. The Bertz CT molecular complexity index is 292. The molecule has 0 fully saturated rings. The molecule has 0 heterocycles. The van der Waals surface area contributed by atoms with E-state index in [2.05, 4.69) is 10.6 Å². The molecule has 2 amide bonds. The number of rotatable bonds is 9. The average molecular weight is 276 g/mol. The molecule has 0 spiro atoms. The topological polar surface area (TPSA) is 96.9 Å². The number of aliphatic carboxylic acids is 1. The second kappa shape index (κ2) is 8.71. The zero-order valence-electron chi connectivity index (χ0n) is 12.0. The van der Waals surface area contributed by atoms with E-state index in [-0.39, 0.29) is 12.6 Å². The molecule has 0 saturated heterocycles. The zero-order chi connectivity index (χ0) is 14.9. The summed E-state index contributed by atoms with van der Waals surface area (Å²) in [5, 5.41) is 14.3. The van der Waals surface area contributed by atoms with Crippen molar-refractivity contribution in [2.75, 3.05) is 27.4 Å². The van der Waals surface area contributed by atoms with Crippen molar-refractivity contribution in [1.29, 1.82) is 0 Å². The fourth-order valence-electron chi connectivity index (χ4n) is 1.65. The summed E-state index contributed by atoms with van der Waals surface area (Å²) in [6, 6.07) is -0.524. The molecule has 0 aromatic carbocycles. The highest BCUT2D eigenvalue weighted by Gasteiger charge is 2.36. The number of nitrogens with one attached hydrogen (secondary N) is 2. The molecule has 7 heteroatoms. The Morgan fingerprint density at radius 3 is 2.21 bits per heavy atom. The van der Waals surface area contributed by atoms with E-state index in [0.29, 0.717) is 19.4 Å². The lowest BCUT2D eigenvalue weighted by molar-refractivity contribution is -0.144. The molecule has 0 saturated carbocycles. The Kier molecular flexibility index (Phi) is 8.09. The van der Waals surface area contributed by atoms with Crippen LogP contribution in [-0.4, -0.2) is 56.1 Å². The first-order valence-corrected chi connectivity index (χ1v) is 6.26. The summed E-state index contributed by atoms with van der Waals surface area (Å²) in [7, 11) is 3.05. The minimum Gasteiger partial charge on any atom is -0.480 e. The van der Waals surface area contributed by atoms with Gasteiger partial charge in [-0.3, -0.25) is 0 Å². The Hall–Kier alpha value is -1.34. The molecular formula is C12H24N2O5. The van der Waals surface area contributed by atoms with Gasteiger partial charge in [0.15, 0.2) is 0 Å². The highest BCUT2D eigenvalue weighted by Crippen LogP contribution is 2.15. The second-order valence-corrected chi connectivity index (χ2v) is 4.24. The highest BCUT2D eigenvalue weighted by atomic mass is 16.5. The lowest BCUT2D eigenvalue weighted by Crippen LogP contribution is -2.57. The van der Waals surface area contributed by atoms with Gasteiger partial charge in [-0.25, -0.2) is 9.59 Å². The molecular weight excluding hydrogens is 252 g/mol. The molecule has 0 radical (unpaired) electrons. The number of carboxylic acids is 1. The maximum absolute atomic E-state index is 11.7. The minimum atomic E-state index is -1.23. The van der Waals surface area contributed by atoms with Crippen LogP contribution in [-0.2, 0) is 14.3 Å². The predicted octanol–water partition coefficient (Wildman–Crippen LogP) is 0.590. The average Bonchev–Trinajstić information content (AvgIpc) is 2.40. The molecule has 1 unspecified atom stereocenters. The molecule has 112 valence electrons. The molecule has 7 nitrogen and oxygen atoms in total. The molecule has 0 aliphatic carbocycles. The van der Waals surface area contributed by atoms with Gasteiger partial charge in [-0.15, -0.1) is 0 Å². The van der Waals surface area contributed by atoms with E-state index in [1.807, 2.05) is 0 Å². The van der Waals surface area contributed by atoms with Crippen LogP contribution in [0.2, 0.25) is 0 Å². The van der Waals surface area contributed by atoms with Gasteiger partial charge in [-0.05, 0) is 12.8 Å². The number of hydrogen-bond donors (Lipinski definition) is 3.